The lowest BCUT2D eigenvalue weighted by molar-refractivity contribution is 0.467. The normalized spacial score (nSPS) is 12.4. The van der Waals surface area contributed by atoms with Crippen molar-refractivity contribution in [3.8, 4) is 11.5 Å². The summed E-state index contributed by atoms with van der Waals surface area (Å²) in [5, 5.41) is 0.875. The van der Waals surface area contributed by atoms with E-state index in [1.54, 1.807) is 6.07 Å². The van der Waals surface area contributed by atoms with E-state index >= 15 is 0 Å². The van der Waals surface area contributed by atoms with Crippen LogP contribution in [0.3, 0.4) is 0 Å². The van der Waals surface area contributed by atoms with Crippen molar-refractivity contribution in [1.82, 2.24) is 0 Å². The first-order valence-electron chi connectivity index (χ1n) is 10.4. The van der Waals surface area contributed by atoms with Crippen molar-refractivity contribution in [2.75, 3.05) is 0 Å². The number of fused-ring (bicyclic) bond motifs is 1. The maximum absolute atomic E-state index is 11.7. The molecule has 0 spiro atoms. The minimum absolute atomic E-state index is 0.341. The van der Waals surface area contributed by atoms with E-state index < -0.39 is 16.6 Å². The van der Waals surface area contributed by atoms with Crippen LogP contribution in [-0.4, -0.2) is 16.6 Å². The van der Waals surface area contributed by atoms with Gasteiger partial charge in [0.05, 0.1) is 0 Å². The fourth-order valence-corrected chi connectivity index (χ4v) is 8.75. The van der Waals surface area contributed by atoms with Crippen LogP contribution in [0.25, 0.3) is 11.0 Å². The first-order chi connectivity index (χ1) is 12.9. The lowest BCUT2D eigenvalue weighted by Gasteiger charge is -2.33. The van der Waals surface area contributed by atoms with Crippen molar-refractivity contribution in [3.63, 3.8) is 0 Å². The molecule has 1 aromatic carbocycles. The van der Waals surface area contributed by atoms with Crippen LogP contribution in [0.4, 0.5) is 0 Å². The van der Waals surface area contributed by atoms with Gasteiger partial charge in [-0.05, 0) is 48.4 Å². The van der Waals surface area contributed by atoms with Crippen molar-refractivity contribution < 1.29 is 13.3 Å². The van der Waals surface area contributed by atoms with Gasteiger partial charge in [-0.2, -0.15) is 0 Å². The molecule has 0 unspecified atom stereocenters. The summed E-state index contributed by atoms with van der Waals surface area (Å²) >= 11 is 0. The van der Waals surface area contributed by atoms with E-state index in [2.05, 4.69) is 41.5 Å². The Labute approximate surface area is 165 Å². The zero-order valence-electron chi connectivity index (χ0n) is 17.7. The highest BCUT2D eigenvalue weighted by atomic mass is 28.4. The van der Waals surface area contributed by atoms with E-state index in [0.29, 0.717) is 5.58 Å². The lowest BCUT2D eigenvalue weighted by atomic mass is 10.2. The monoisotopic (exact) mass is 406 g/mol. The SMILES string of the molecule is CC[Si](CC)(CC)Oc1cc2ccc(=O)oc2cc1O[Si](CC)(CC)CC. The lowest BCUT2D eigenvalue weighted by Crippen LogP contribution is -2.41. The largest absolute Gasteiger partial charge is 0.541 e. The molecule has 150 valence electrons. The topological polar surface area (TPSA) is 48.7 Å². The van der Waals surface area contributed by atoms with Gasteiger partial charge in [0.2, 0.25) is 0 Å². The minimum atomic E-state index is -1.88. The fraction of sp³-hybridized carbons (Fsp3) is 0.571. The van der Waals surface area contributed by atoms with Gasteiger partial charge in [-0.25, -0.2) is 4.79 Å². The smallest absolute Gasteiger partial charge is 0.336 e. The molecule has 2 aromatic rings. The van der Waals surface area contributed by atoms with Gasteiger partial charge in [0.15, 0.2) is 0 Å². The van der Waals surface area contributed by atoms with Crippen molar-refractivity contribution in [2.24, 2.45) is 0 Å². The molecule has 0 saturated heterocycles. The van der Waals surface area contributed by atoms with Crippen LogP contribution in [0, 0.1) is 0 Å². The number of hydrogen-bond donors (Lipinski definition) is 0. The Balaban J connectivity index is 2.61. The van der Waals surface area contributed by atoms with Crippen LogP contribution in [0.15, 0.2) is 33.5 Å². The Hall–Kier alpha value is -1.54. The molecule has 0 aliphatic carbocycles. The van der Waals surface area contributed by atoms with Gasteiger partial charge in [0.1, 0.15) is 17.1 Å². The molecule has 1 heterocycles. The number of benzene rings is 1. The zero-order valence-corrected chi connectivity index (χ0v) is 19.7. The number of rotatable bonds is 10. The first kappa shape index (κ1) is 21.8. The predicted octanol–water partition coefficient (Wildman–Crippen LogP) is 6.56. The van der Waals surface area contributed by atoms with Gasteiger partial charge in [0, 0.05) is 17.5 Å². The molecule has 0 fully saturated rings. The third kappa shape index (κ3) is 4.66. The second-order valence-electron chi connectivity index (χ2n) is 7.28. The molecule has 0 radical (unpaired) electrons. The van der Waals surface area contributed by atoms with E-state index in [4.69, 9.17) is 13.3 Å². The summed E-state index contributed by atoms with van der Waals surface area (Å²) in [7, 11) is -3.73. The predicted molar refractivity (Wildman–Crippen MR) is 118 cm³/mol. The van der Waals surface area contributed by atoms with Crippen molar-refractivity contribution >= 4 is 27.6 Å². The third-order valence-electron chi connectivity index (χ3n) is 6.20. The summed E-state index contributed by atoms with van der Waals surface area (Å²) in [5.74, 6) is 1.57. The quantitative estimate of drug-likeness (QED) is 0.331. The molecule has 4 nitrogen and oxygen atoms in total. The van der Waals surface area contributed by atoms with Crippen molar-refractivity contribution in [3.05, 3.63) is 34.7 Å². The first-order valence-corrected chi connectivity index (χ1v) is 15.4. The molecular weight excluding hydrogens is 372 g/mol. The van der Waals surface area contributed by atoms with Crippen molar-refractivity contribution in [2.45, 2.75) is 77.8 Å². The Kier molecular flexibility index (Phi) is 7.34. The molecule has 0 amide bonds. The molecule has 27 heavy (non-hydrogen) atoms. The molecular formula is C21H34O4Si2. The van der Waals surface area contributed by atoms with Gasteiger partial charge in [-0.3, -0.25) is 0 Å². The average molecular weight is 407 g/mol. The molecule has 0 bridgehead atoms. The molecule has 0 saturated carbocycles. The van der Waals surface area contributed by atoms with E-state index in [1.165, 1.54) is 6.07 Å². The Bertz CT molecular complexity index is 791. The highest BCUT2D eigenvalue weighted by Gasteiger charge is 2.35. The zero-order chi connectivity index (χ0) is 20.1. The van der Waals surface area contributed by atoms with E-state index in [-0.39, 0.29) is 5.63 Å². The van der Waals surface area contributed by atoms with Crippen LogP contribution in [0.5, 0.6) is 11.5 Å². The van der Waals surface area contributed by atoms with E-state index in [1.807, 2.05) is 12.1 Å². The van der Waals surface area contributed by atoms with Crippen LogP contribution in [0.2, 0.25) is 36.3 Å². The van der Waals surface area contributed by atoms with Gasteiger partial charge in [-0.15, -0.1) is 0 Å². The summed E-state index contributed by atoms with van der Waals surface area (Å²) in [6, 6.07) is 13.5. The molecule has 0 aliphatic heterocycles. The Morgan fingerprint density at radius 1 is 0.741 bits per heavy atom. The second-order valence-corrected chi connectivity index (χ2v) is 16.7. The molecule has 0 atom stereocenters. The molecule has 0 aliphatic rings. The van der Waals surface area contributed by atoms with Gasteiger partial charge in [0.25, 0.3) is 16.6 Å². The minimum Gasteiger partial charge on any atom is -0.541 e. The van der Waals surface area contributed by atoms with Crippen LogP contribution in [-0.2, 0) is 0 Å². The maximum atomic E-state index is 11.7. The van der Waals surface area contributed by atoms with E-state index in [9.17, 15) is 4.79 Å². The van der Waals surface area contributed by atoms with Gasteiger partial charge < -0.3 is 13.3 Å². The summed E-state index contributed by atoms with van der Waals surface area (Å²) in [6.07, 6.45) is 0. The standard InChI is InChI=1S/C21H34O4Si2/c1-7-26(8-2,9-3)24-19-15-17-13-14-21(22)23-18(17)16-20(19)25-27(10-4,11-5)12-6/h13-16H,7-12H2,1-6H3. The second kappa shape index (κ2) is 9.10. The van der Waals surface area contributed by atoms with Gasteiger partial charge >= 0.3 is 5.63 Å². The molecule has 6 heteroatoms. The van der Waals surface area contributed by atoms with Crippen LogP contribution in [0.1, 0.15) is 41.5 Å². The highest BCUT2D eigenvalue weighted by Crippen LogP contribution is 2.39. The van der Waals surface area contributed by atoms with Crippen molar-refractivity contribution in [1.29, 1.82) is 0 Å². The van der Waals surface area contributed by atoms with E-state index in [0.717, 1.165) is 53.1 Å². The average Bonchev–Trinajstić information content (AvgIpc) is 2.70. The molecule has 0 N–H and O–H groups in total. The third-order valence-corrected chi connectivity index (χ3v) is 15.2. The fourth-order valence-electron chi connectivity index (χ4n) is 3.63. The summed E-state index contributed by atoms with van der Waals surface area (Å²) in [4.78, 5) is 11.7. The summed E-state index contributed by atoms with van der Waals surface area (Å²) in [6.45, 7) is 13.3. The Morgan fingerprint density at radius 3 is 1.63 bits per heavy atom. The number of hydrogen-bond acceptors (Lipinski definition) is 4. The van der Waals surface area contributed by atoms with Gasteiger partial charge in [-0.1, -0.05) is 41.5 Å². The van der Waals surface area contributed by atoms with Crippen LogP contribution >= 0.6 is 0 Å². The summed E-state index contributed by atoms with van der Waals surface area (Å²) in [5.41, 5.74) is 0.222. The summed E-state index contributed by atoms with van der Waals surface area (Å²) < 4.78 is 18.8. The highest BCUT2D eigenvalue weighted by molar-refractivity contribution is 6.75. The molecule has 2 rings (SSSR count). The van der Waals surface area contributed by atoms with Crippen LogP contribution < -0.4 is 14.5 Å². The molecule has 1 aromatic heterocycles. The Morgan fingerprint density at radius 2 is 1.19 bits per heavy atom. The maximum Gasteiger partial charge on any atom is 0.336 e.